The van der Waals surface area contributed by atoms with Crippen LogP contribution in [0.25, 0.3) is 0 Å². The predicted octanol–water partition coefficient (Wildman–Crippen LogP) is 1.18. The molecule has 0 bridgehead atoms. The lowest BCUT2D eigenvalue weighted by molar-refractivity contribution is -0.119. The first-order valence-corrected chi connectivity index (χ1v) is 8.27. The highest BCUT2D eigenvalue weighted by molar-refractivity contribution is 7.90. The van der Waals surface area contributed by atoms with Gasteiger partial charge in [-0.15, -0.1) is 0 Å². The molecule has 1 aromatic rings. The predicted molar refractivity (Wildman–Crippen MR) is 76.9 cm³/mol. The van der Waals surface area contributed by atoms with E-state index in [1.165, 1.54) is 5.56 Å². The minimum Gasteiger partial charge on any atom is -0.321 e. The van der Waals surface area contributed by atoms with E-state index in [9.17, 15) is 13.2 Å². The third-order valence-electron chi connectivity index (χ3n) is 3.16. The number of carbonyl (C=O) groups is 1. The number of nitrogens with two attached hydrogens (primary N) is 1. The summed E-state index contributed by atoms with van der Waals surface area (Å²) in [5.41, 5.74) is 8.96. The van der Waals surface area contributed by atoms with Gasteiger partial charge in [0, 0.05) is 12.7 Å². The zero-order valence-corrected chi connectivity index (χ0v) is 12.5. The normalized spacial score (nSPS) is 13.3. The van der Waals surface area contributed by atoms with Gasteiger partial charge in [-0.25, -0.2) is 8.42 Å². The molecule has 0 heterocycles. The van der Waals surface area contributed by atoms with Crippen molar-refractivity contribution in [2.75, 3.05) is 12.0 Å². The first-order chi connectivity index (χ1) is 8.69. The van der Waals surface area contributed by atoms with Crippen molar-refractivity contribution in [3.8, 4) is 0 Å². The Morgan fingerprint density at radius 2 is 1.89 bits per heavy atom. The number of Topliss-reactive ketones (excluding diaryl/α,β-unsaturated/α-hetero) is 1. The van der Waals surface area contributed by atoms with Gasteiger partial charge in [0.2, 0.25) is 0 Å². The molecule has 0 saturated carbocycles. The number of hydrogen-bond acceptors (Lipinski definition) is 4. The summed E-state index contributed by atoms with van der Waals surface area (Å²) in [6, 6.07) is 5.14. The van der Waals surface area contributed by atoms with E-state index in [0.29, 0.717) is 0 Å². The van der Waals surface area contributed by atoms with Crippen molar-refractivity contribution in [2.24, 2.45) is 5.73 Å². The van der Waals surface area contributed by atoms with Crippen molar-refractivity contribution < 1.29 is 13.2 Å². The molecule has 1 unspecified atom stereocenters. The van der Waals surface area contributed by atoms with Crippen LogP contribution in [0.15, 0.2) is 18.2 Å². The third-order valence-corrected chi connectivity index (χ3v) is 4.14. The lowest BCUT2D eigenvalue weighted by Gasteiger charge is -2.10. The topological polar surface area (TPSA) is 77.2 Å². The molecule has 0 aliphatic heterocycles. The number of sulfone groups is 1. The molecule has 5 heteroatoms. The maximum absolute atomic E-state index is 11.9. The van der Waals surface area contributed by atoms with Gasteiger partial charge in [-0.05, 0) is 37.0 Å². The first-order valence-electron chi connectivity index (χ1n) is 6.21. The second kappa shape index (κ2) is 6.30. The Hall–Kier alpha value is -1.20. The summed E-state index contributed by atoms with van der Waals surface area (Å²) in [4.78, 5) is 11.9. The van der Waals surface area contributed by atoms with Crippen molar-refractivity contribution in [3.63, 3.8) is 0 Å². The maximum Gasteiger partial charge on any atom is 0.153 e. The number of ketones is 1. The van der Waals surface area contributed by atoms with E-state index < -0.39 is 15.9 Å². The molecule has 1 atom stereocenters. The summed E-state index contributed by atoms with van der Waals surface area (Å²) in [7, 11) is -3.07. The smallest absolute Gasteiger partial charge is 0.153 e. The van der Waals surface area contributed by atoms with Crippen LogP contribution >= 0.6 is 0 Å². The highest BCUT2D eigenvalue weighted by atomic mass is 32.2. The van der Waals surface area contributed by atoms with Crippen molar-refractivity contribution in [2.45, 2.75) is 32.7 Å². The zero-order chi connectivity index (χ0) is 14.6. The first kappa shape index (κ1) is 15.9. The molecule has 0 aliphatic carbocycles. The van der Waals surface area contributed by atoms with E-state index in [0.717, 1.165) is 17.4 Å². The maximum atomic E-state index is 11.9. The molecular formula is C14H21NO3S. The second-order valence-electron chi connectivity index (χ2n) is 5.09. The van der Waals surface area contributed by atoms with Gasteiger partial charge in [-0.2, -0.15) is 0 Å². The minimum atomic E-state index is -3.07. The van der Waals surface area contributed by atoms with Crippen molar-refractivity contribution in [1.29, 1.82) is 0 Å². The van der Waals surface area contributed by atoms with Crippen molar-refractivity contribution in [3.05, 3.63) is 34.9 Å². The molecule has 19 heavy (non-hydrogen) atoms. The largest absolute Gasteiger partial charge is 0.321 e. The van der Waals surface area contributed by atoms with Gasteiger partial charge in [0.05, 0.1) is 11.8 Å². The summed E-state index contributed by atoms with van der Waals surface area (Å²) in [6.07, 6.45) is 1.59. The fourth-order valence-electron chi connectivity index (χ4n) is 1.75. The summed E-state index contributed by atoms with van der Waals surface area (Å²) in [5.74, 6) is -0.167. The van der Waals surface area contributed by atoms with E-state index in [1.54, 1.807) is 0 Å². The van der Waals surface area contributed by atoms with Crippen LogP contribution in [0.1, 0.15) is 23.1 Å². The van der Waals surface area contributed by atoms with E-state index in [1.807, 2.05) is 32.0 Å². The molecular weight excluding hydrogens is 262 g/mol. The zero-order valence-electron chi connectivity index (χ0n) is 11.6. The van der Waals surface area contributed by atoms with Crippen LogP contribution in [0, 0.1) is 13.8 Å². The quantitative estimate of drug-likeness (QED) is 0.850. The van der Waals surface area contributed by atoms with E-state index in [-0.39, 0.29) is 24.4 Å². The van der Waals surface area contributed by atoms with Crippen LogP contribution in [-0.4, -0.2) is 32.3 Å². The molecule has 0 radical (unpaired) electrons. The average Bonchev–Trinajstić information content (AvgIpc) is 2.29. The minimum absolute atomic E-state index is 0.0488. The molecule has 0 saturated heterocycles. The van der Waals surface area contributed by atoms with Gasteiger partial charge in [0.25, 0.3) is 0 Å². The Morgan fingerprint density at radius 3 is 2.42 bits per heavy atom. The van der Waals surface area contributed by atoms with E-state index >= 15 is 0 Å². The van der Waals surface area contributed by atoms with Crippen LogP contribution in [0.5, 0.6) is 0 Å². The number of aryl methyl sites for hydroxylation is 2. The van der Waals surface area contributed by atoms with Crippen LogP contribution in [0.4, 0.5) is 0 Å². The van der Waals surface area contributed by atoms with E-state index in [2.05, 4.69) is 0 Å². The van der Waals surface area contributed by atoms with Gasteiger partial charge in [0.1, 0.15) is 9.84 Å². The Morgan fingerprint density at radius 1 is 1.26 bits per heavy atom. The van der Waals surface area contributed by atoms with Gasteiger partial charge >= 0.3 is 0 Å². The molecule has 2 N–H and O–H groups in total. The lowest BCUT2D eigenvalue weighted by Crippen LogP contribution is -2.33. The summed E-state index contributed by atoms with van der Waals surface area (Å²) in [5, 5.41) is 0. The molecule has 0 aromatic heterocycles. The highest BCUT2D eigenvalue weighted by Crippen LogP contribution is 2.11. The monoisotopic (exact) mass is 283 g/mol. The summed E-state index contributed by atoms with van der Waals surface area (Å²) < 4.78 is 22.1. The molecule has 1 aromatic carbocycles. The number of rotatable bonds is 6. The lowest BCUT2D eigenvalue weighted by atomic mass is 9.99. The van der Waals surface area contributed by atoms with Crippen molar-refractivity contribution in [1.82, 2.24) is 0 Å². The number of benzene rings is 1. The van der Waals surface area contributed by atoms with Crippen LogP contribution < -0.4 is 5.73 Å². The Kier molecular flexibility index (Phi) is 5.26. The standard InChI is InChI=1S/C14H21NO3S/c1-10-4-5-12(8-11(10)2)9-14(16)13(15)6-7-19(3,17)18/h4-5,8,13H,6-7,9,15H2,1-3H3. The van der Waals surface area contributed by atoms with Crippen molar-refractivity contribution >= 4 is 15.6 Å². The highest BCUT2D eigenvalue weighted by Gasteiger charge is 2.16. The SMILES string of the molecule is Cc1ccc(CC(=O)C(N)CCS(C)(=O)=O)cc1C. The van der Waals surface area contributed by atoms with E-state index in [4.69, 9.17) is 5.73 Å². The fourth-order valence-corrected chi connectivity index (χ4v) is 2.43. The fraction of sp³-hybridized carbons (Fsp3) is 0.500. The Balaban J connectivity index is 2.61. The van der Waals surface area contributed by atoms with Gasteiger partial charge in [-0.1, -0.05) is 18.2 Å². The Labute approximate surface area is 114 Å². The molecule has 4 nitrogen and oxygen atoms in total. The molecule has 0 spiro atoms. The number of carbonyl (C=O) groups excluding carboxylic acids is 1. The molecule has 106 valence electrons. The van der Waals surface area contributed by atoms with Crippen LogP contribution in [0.3, 0.4) is 0 Å². The summed E-state index contributed by atoms with van der Waals surface area (Å²) in [6.45, 7) is 4.01. The second-order valence-corrected chi connectivity index (χ2v) is 7.35. The van der Waals surface area contributed by atoms with Crippen LogP contribution in [-0.2, 0) is 21.1 Å². The van der Waals surface area contributed by atoms with Gasteiger partial charge < -0.3 is 5.73 Å². The summed E-state index contributed by atoms with van der Waals surface area (Å²) >= 11 is 0. The van der Waals surface area contributed by atoms with Gasteiger partial charge in [-0.3, -0.25) is 4.79 Å². The van der Waals surface area contributed by atoms with Gasteiger partial charge in [0.15, 0.2) is 5.78 Å². The number of hydrogen-bond donors (Lipinski definition) is 1. The molecule has 0 aliphatic rings. The average molecular weight is 283 g/mol. The molecule has 0 fully saturated rings. The molecule has 1 rings (SSSR count). The third kappa shape index (κ3) is 5.53. The molecule has 0 amide bonds. The Bertz CT molecular complexity index is 564. The van der Waals surface area contributed by atoms with Crippen LogP contribution in [0.2, 0.25) is 0 Å².